The van der Waals surface area contributed by atoms with Gasteiger partial charge in [0.1, 0.15) is 5.75 Å². The van der Waals surface area contributed by atoms with E-state index in [2.05, 4.69) is 5.32 Å². The molecule has 1 amide bonds. The molecule has 0 unspecified atom stereocenters. The first-order valence-electron chi connectivity index (χ1n) is 8.05. The summed E-state index contributed by atoms with van der Waals surface area (Å²) in [5.74, 6) is 0.691. The topological polar surface area (TPSA) is 64.6 Å². The molecule has 6 heteroatoms. The lowest BCUT2D eigenvalue weighted by Crippen LogP contribution is -2.21. The van der Waals surface area contributed by atoms with E-state index < -0.39 is 11.9 Å². The van der Waals surface area contributed by atoms with Crippen molar-refractivity contribution in [3.63, 3.8) is 0 Å². The van der Waals surface area contributed by atoms with Crippen LogP contribution in [0.4, 0.5) is 5.69 Å². The third-order valence-corrected chi connectivity index (χ3v) is 4.15. The van der Waals surface area contributed by atoms with E-state index in [4.69, 9.17) is 9.47 Å². The minimum atomic E-state index is -0.501. The Hall–Kier alpha value is -2.47. The summed E-state index contributed by atoms with van der Waals surface area (Å²) in [7, 11) is 0. The fraction of sp³-hybridized carbons (Fsp3) is 0.263. The van der Waals surface area contributed by atoms with E-state index in [9.17, 15) is 9.59 Å². The Bertz CT molecular complexity index is 716. The van der Waals surface area contributed by atoms with Crippen LogP contribution in [0.2, 0.25) is 0 Å². The van der Waals surface area contributed by atoms with Gasteiger partial charge < -0.3 is 14.8 Å². The van der Waals surface area contributed by atoms with Crippen molar-refractivity contribution in [2.45, 2.75) is 18.7 Å². The summed E-state index contributed by atoms with van der Waals surface area (Å²) in [5, 5.41) is 2.68. The van der Waals surface area contributed by atoms with Crippen molar-refractivity contribution in [3.8, 4) is 5.75 Å². The van der Waals surface area contributed by atoms with Gasteiger partial charge in [0.2, 0.25) is 0 Å². The summed E-state index contributed by atoms with van der Waals surface area (Å²) in [6, 6.07) is 14.2. The van der Waals surface area contributed by atoms with Crippen LogP contribution in [0.3, 0.4) is 0 Å². The monoisotopic (exact) mass is 359 g/mol. The first-order chi connectivity index (χ1) is 12.1. The molecule has 2 rings (SSSR count). The second kappa shape index (κ2) is 9.74. The van der Waals surface area contributed by atoms with Crippen molar-refractivity contribution in [3.05, 3.63) is 54.1 Å². The summed E-state index contributed by atoms with van der Waals surface area (Å²) < 4.78 is 10.5. The number of amides is 1. The van der Waals surface area contributed by atoms with Crippen LogP contribution in [-0.4, -0.2) is 30.8 Å². The molecule has 0 bridgehead atoms. The van der Waals surface area contributed by atoms with Gasteiger partial charge in [0.05, 0.1) is 12.2 Å². The van der Waals surface area contributed by atoms with Crippen molar-refractivity contribution in [1.29, 1.82) is 0 Å². The second-order valence-electron chi connectivity index (χ2n) is 5.01. The third-order valence-electron chi connectivity index (χ3n) is 3.19. The highest BCUT2D eigenvalue weighted by atomic mass is 32.2. The van der Waals surface area contributed by atoms with Gasteiger partial charge in [-0.2, -0.15) is 0 Å². The molecule has 0 heterocycles. The molecule has 2 aromatic carbocycles. The molecule has 0 aromatic heterocycles. The normalized spacial score (nSPS) is 10.2. The maximum absolute atomic E-state index is 12.2. The highest BCUT2D eigenvalue weighted by Crippen LogP contribution is 2.23. The zero-order valence-corrected chi connectivity index (χ0v) is 15.1. The lowest BCUT2D eigenvalue weighted by Gasteiger charge is -2.09. The van der Waals surface area contributed by atoms with Crippen LogP contribution in [0, 0.1) is 0 Å². The maximum atomic E-state index is 12.2. The van der Waals surface area contributed by atoms with Gasteiger partial charge in [-0.3, -0.25) is 4.79 Å². The average Bonchev–Trinajstić information content (AvgIpc) is 2.62. The molecule has 5 nitrogen and oxygen atoms in total. The van der Waals surface area contributed by atoms with Crippen molar-refractivity contribution in [2.24, 2.45) is 0 Å². The molecule has 132 valence electrons. The van der Waals surface area contributed by atoms with E-state index in [1.165, 1.54) is 0 Å². The number of carbonyl (C=O) groups is 2. The molecule has 2 aromatic rings. The fourth-order valence-electron chi connectivity index (χ4n) is 2.12. The van der Waals surface area contributed by atoms with Crippen LogP contribution in [0.5, 0.6) is 5.75 Å². The number of ether oxygens (including phenoxy) is 2. The Morgan fingerprint density at radius 3 is 2.44 bits per heavy atom. The van der Waals surface area contributed by atoms with Crippen LogP contribution in [-0.2, 0) is 9.53 Å². The van der Waals surface area contributed by atoms with Gasteiger partial charge in [0.25, 0.3) is 5.91 Å². The van der Waals surface area contributed by atoms with Crippen molar-refractivity contribution in [1.82, 2.24) is 0 Å². The number of nitrogens with one attached hydrogen (secondary N) is 1. The lowest BCUT2D eigenvalue weighted by molar-refractivity contribution is -0.119. The zero-order chi connectivity index (χ0) is 18.1. The van der Waals surface area contributed by atoms with Crippen LogP contribution in [0.25, 0.3) is 0 Å². The van der Waals surface area contributed by atoms with Crippen LogP contribution >= 0.6 is 11.8 Å². The van der Waals surface area contributed by atoms with Crippen LogP contribution in [0.15, 0.2) is 53.4 Å². The number of hydrogen-bond donors (Lipinski definition) is 1. The van der Waals surface area contributed by atoms with Gasteiger partial charge in [-0.05, 0) is 49.1 Å². The predicted molar refractivity (Wildman–Crippen MR) is 99.4 cm³/mol. The van der Waals surface area contributed by atoms with Crippen molar-refractivity contribution in [2.75, 3.05) is 24.3 Å². The molecule has 0 radical (unpaired) electrons. The smallest absolute Gasteiger partial charge is 0.339 e. The Balaban J connectivity index is 1.88. The largest absolute Gasteiger partial charge is 0.494 e. The SMILES string of the molecule is CCOc1ccc(NC(=O)COC(=O)c2ccccc2SCC)cc1. The standard InChI is InChI=1S/C19H21NO4S/c1-3-23-15-11-9-14(10-12-15)20-18(21)13-24-19(22)16-7-5-6-8-17(16)25-4-2/h5-12H,3-4,13H2,1-2H3,(H,20,21). The summed E-state index contributed by atoms with van der Waals surface area (Å²) in [5.41, 5.74) is 1.09. The molecule has 1 N–H and O–H groups in total. The summed E-state index contributed by atoms with van der Waals surface area (Å²) in [4.78, 5) is 25.0. The molecule has 0 atom stereocenters. The highest BCUT2D eigenvalue weighted by Gasteiger charge is 2.14. The van der Waals surface area contributed by atoms with Gasteiger partial charge in [0, 0.05) is 10.6 Å². The zero-order valence-electron chi connectivity index (χ0n) is 14.3. The Morgan fingerprint density at radius 2 is 1.76 bits per heavy atom. The molecule has 0 spiro atoms. The van der Waals surface area contributed by atoms with E-state index in [-0.39, 0.29) is 6.61 Å². The van der Waals surface area contributed by atoms with E-state index in [0.717, 1.165) is 16.4 Å². The summed E-state index contributed by atoms with van der Waals surface area (Å²) in [6.07, 6.45) is 0. The molecule has 0 aliphatic heterocycles. The maximum Gasteiger partial charge on any atom is 0.339 e. The number of benzene rings is 2. The molecular formula is C19H21NO4S. The quantitative estimate of drug-likeness (QED) is 0.570. The number of hydrogen-bond acceptors (Lipinski definition) is 5. The van der Waals surface area contributed by atoms with Gasteiger partial charge in [-0.1, -0.05) is 19.1 Å². The Morgan fingerprint density at radius 1 is 1.04 bits per heavy atom. The third kappa shape index (κ3) is 5.83. The van der Waals surface area contributed by atoms with Gasteiger partial charge in [-0.25, -0.2) is 4.79 Å². The minimum absolute atomic E-state index is 0.336. The molecule has 0 aliphatic carbocycles. The van der Waals surface area contributed by atoms with Crippen LogP contribution in [0.1, 0.15) is 24.2 Å². The molecule has 0 fully saturated rings. The number of esters is 1. The molecule has 25 heavy (non-hydrogen) atoms. The fourth-order valence-corrected chi connectivity index (χ4v) is 2.92. The Labute approximate surface area is 151 Å². The second-order valence-corrected chi connectivity index (χ2v) is 6.32. The molecule has 0 aliphatic rings. The molecule has 0 saturated heterocycles. The molecular weight excluding hydrogens is 338 g/mol. The lowest BCUT2D eigenvalue weighted by atomic mass is 10.2. The van der Waals surface area contributed by atoms with Gasteiger partial charge >= 0.3 is 5.97 Å². The van der Waals surface area contributed by atoms with Gasteiger partial charge in [0.15, 0.2) is 6.61 Å². The number of rotatable bonds is 8. The number of carbonyl (C=O) groups excluding carboxylic acids is 2. The number of anilines is 1. The Kier molecular flexibility index (Phi) is 7.35. The number of thioether (sulfide) groups is 1. The van der Waals surface area contributed by atoms with E-state index in [1.54, 1.807) is 48.2 Å². The molecule has 0 saturated carbocycles. The van der Waals surface area contributed by atoms with Crippen molar-refractivity contribution >= 4 is 29.3 Å². The van der Waals surface area contributed by atoms with Crippen LogP contribution < -0.4 is 10.1 Å². The van der Waals surface area contributed by atoms with E-state index in [0.29, 0.717) is 17.9 Å². The van der Waals surface area contributed by atoms with Gasteiger partial charge in [-0.15, -0.1) is 11.8 Å². The predicted octanol–water partition coefficient (Wildman–Crippen LogP) is 3.99. The van der Waals surface area contributed by atoms with E-state index >= 15 is 0 Å². The summed E-state index contributed by atoms with van der Waals surface area (Å²) in [6.45, 7) is 4.16. The first-order valence-corrected chi connectivity index (χ1v) is 9.04. The first kappa shape index (κ1) is 18.9. The minimum Gasteiger partial charge on any atom is -0.494 e. The van der Waals surface area contributed by atoms with Crippen molar-refractivity contribution < 1.29 is 19.1 Å². The summed E-state index contributed by atoms with van der Waals surface area (Å²) >= 11 is 1.56. The van der Waals surface area contributed by atoms with E-state index in [1.807, 2.05) is 26.0 Å². The highest BCUT2D eigenvalue weighted by molar-refractivity contribution is 7.99. The average molecular weight is 359 g/mol.